The van der Waals surface area contributed by atoms with E-state index < -0.39 is 16.8 Å². The average molecular weight is 414 g/mol. The molecule has 4 rings (SSSR count). The molecule has 1 fully saturated rings. The standard InChI is InChI=1S/C20H23N5O3S/c1-13(26)25-12-14-9-15(29(2)28)5-6-16(14)19(25)20(27)23-17-10-22-18(11-21-17)24-7-3-4-8-24/h5-6,9-11,19H,3-4,7-8,12H2,1-2H3,(H,21,23,27). The summed E-state index contributed by atoms with van der Waals surface area (Å²) in [6.45, 7) is 3.69. The third-order valence-corrected chi connectivity index (χ3v) is 6.28. The molecule has 1 aromatic carbocycles. The maximum absolute atomic E-state index is 13.0. The van der Waals surface area contributed by atoms with Crippen molar-refractivity contribution in [3.8, 4) is 0 Å². The molecule has 0 saturated carbocycles. The Morgan fingerprint density at radius 2 is 1.93 bits per heavy atom. The lowest BCUT2D eigenvalue weighted by Gasteiger charge is -2.23. The van der Waals surface area contributed by atoms with Crippen LogP contribution in [0.4, 0.5) is 11.6 Å². The molecule has 3 heterocycles. The van der Waals surface area contributed by atoms with Crippen LogP contribution < -0.4 is 10.2 Å². The number of fused-ring (bicyclic) bond motifs is 1. The molecule has 0 spiro atoms. The minimum atomic E-state index is -1.13. The van der Waals surface area contributed by atoms with E-state index in [1.54, 1.807) is 36.8 Å². The van der Waals surface area contributed by atoms with Gasteiger partial charge in [0.2, 0.25) is 5.91 Å². The third-order valence-electron chi connectivity index (χ3n) is 5.37. The van der Waals surface area contributed by atoms with Crippen molar-refractivity contribution in [2.75, 3.05) is 29.6 Å². The van der Waals surface area contributed by atoms with Gasteiger partial charge in [-0.25, -0.2) is 9.97 Å². The number of hydrogen-bond acceptors (Lipinski definition) is 6. The number of carbonyl (C=O) groups is 2. The monoisotopic (exact) mass is 413 g/mol. The molecule has 2 amide bonds. The van der Waals surface area contributed by atoms with Crippen LogP contribution in [0.15, 0.2) is 35.5 Å². The van der Waals surface area contributed by atoms with Crippen LogP contribution >= 0.6 is 0 Å². The van der Waals surface area contributed by atoms with Gasteiger partial charge in [0.1, 0.15) is 11.9 Å². The fourth-order valence-electron chi connectivity index (χ4n) is 3.87. The SMILES string of the molecule is CC(=O)N1Cc2cc(S(C)=O)ccc2C1C(=O)Nc1cnc(N2CCCC2)cn1. The minimum absolute atomic E-state index is 0.198. The molecule has 0 bridgehead atoms. The zero-order valence-electron chi connectivity index (χ0n) is 16.4. The molecular weight excluding hydrogens is 390 g/mol. The van der Waals surface area contributed by atoms with Crippen LogP contribution in [0.5, 0.6) is 0 Å². The Balaban J connectivity index is 1.55. The molecule has 2 aromatic rings. The number of hydrogen-bond donors (Lipinski definition) is 1. The zero-order chi connectivity index (χ0) is 20.5. The highest BCUT2D eigenvalue weighted by Gasteiger charge is 2.37. The molecule has 1 saturated heterocycles. The van der Waals surface area contributed by atoms with Gasteiger partial charge in [0.15, 0.2) is 5.82 Å². The number of rotatable bonds is 4. The molecule has 0 aliphatic carbocycles. The second-order valence-electron chi connectivity index (χ2n) is 7.31. The van der Waals surface area contributed by atoms with Crippen molar-refractivity contribution in [2.24, 2.45) is 0 Å². The first kappa shape index (κ1) is 19.5. The molecule has 2 atom stereocenters. The number of nitrogens with one attached hydrogen (secondary N) is 1. The van der Waals surface area contributed by atoms with E-state index in [2.05, 4.69) is 20.2 Å². The van der Waals surface area contributed by atoms with Crippen molar-refractivity contribution in [3.05, 3.63) is 41.7 Å². The van der Waals surface area contributed by atoms with Crippen molar-refractivity contribution in [2.45, 2.75) is 37.2 Å². The molecule has 9 heteroatoms. The highest BCUT2D eigenvalue weighted by molar-refractivity contribution is 7.84. The van der Waals surface area contributed by atoms with E-state index in [4.69, 9.17) is 0 Å². The van der Waals surface area contributed by atoms with Gasteiger partial charge >= 0.3 is 0 Å². The van der Waals surface area contributed by atoms with E-state index in [0.717, 1.165) is 42.9 Å². The fourth-order valence-corrected chi connectivity index (χ4v) is 4.44. The Kier molecular flexibility index (Phi) is 5.31. The normalized spacial score (nSPS) is 19.2. The smallest absolute Gasteiger partial charge is 0.253 e. The highest BCUT2D eigenvalue weighted by Crippen LogP contribution is 2.35. The van der Waals surface area contributed by atoms with E-state index in [-0.39, 0.29) is 11.8 Å². The number of anilines is 2. The molecule has 152 valence electrons. The number of nitrogens with zero attached hydrogens (tertiary/aromatic N) is 4. The van der Waals surface area contributed by atoms with Crippen LogP contribution in [0.25, 0.3) is 0 Å². The first-order chi connectivity index (χ1) is 13.9. The Bertz CT molecular complexity index is 973. The van der Waals surface area contributed by atoms with E-state index in [1.165, 1.54) is 11.8 Å². The molecule has 1 N–H and O–H groups in total. The number of aromatic nitrogens is 2. The summed E-state index contributed by atoms with van der Waals surface area (Å²) in [4.78, 5) is 38.2. The molecule has 2 aliphatic rings. The molecule has 0 radical (unpaired) electrons. The maximum atomic E-state index is 13.0. The predicted molar refractivity (Wildman–Crippen MR) is 110 cm³/mol. The second-order valence-corrected chi connectivity index (χ2v) is 8.69. The molecule has 2 unspecified atom stereocenters. The van der Waals surface area contributed by atoms with Gasteiger partial charge in [-0.3, -0.25) is 13.8 Å². The van der Waals surface area contributed by atoms with Gasteiger partial charge in [0.25, 0.3) is 5.91 Å². The lowest BCUT2D eigenvalue weighted by atomic mass is 10.0. The Labute approximate surface area is 171 Å². The van der Waals surface area contributed by atoms with Crippen LogP contribution in [0.1, 0.15) is 36.9 Å². The van der Waals surface area contributed by atoms with Crippen LogP contribution in [-0.4, -0.2) is 50.2 Å². The van der Waals surface area contributed by atoms with Crippen molar-refractivity contribution < 1.29 is 13.8 Å². The summed E-state index contributed by atoms with van der Waals surface area (Å²) in [5, 5.41) is 2.78. The lowest BCUT2D eigenvalue weighted by Crippen LogP contribution is -2.35. The maximum Gasteiger partial charge on any atom is 0.253 e. The van der Waals surface area contributed by atoms with E-state index in [9.17, 15) is 13.8 Å². The molecule has 2 aliphatic heterocycles. The first-order valence-corrected chi connectivity index (χ1v) is 11.1. The van der Waals surface area contributed by atoms with E-state index in [1.807, 2.05) is 0 Å². The Morgan fingerprint density at radius 1 is 1.17 bits per heavy atom. The Hall–Kier alpha value is -2.81. The highest BCUT2D eigenvalue weighted by atomic mass is 32.2. The van der Waals surface area contributed by atoms with Gasteiger partial charge in [-0.2, -0.15) is 0 Å². The van der Waals surface area contributed by atoms with Gasteiger partial charge in [-0.05, 0) is 36.1 Å². The summed E-state index contributed by atoms with van der Waals surface area (Å²) in [5.74, 6) is 0.613. The number of carbonyl (C=O) groups excluding carboxylic acids is 2. The van der Waals surface area contributed by atoms with Crippen molar-refractivity contribution >= 4 is 34.2 Å². The molecular formula is C20H23N5O3S. The summed E-state index contributed by atoms with van der Waals surface area (Å²) >= 11 is 0. The Morgan fingerprint density at radius 3 is 2.55 bits per heavy atom. The fraction of sp³-hybridized carbons (Fsp3) is 0.400. The largest absolute Gasteiger partial charge is 0.355 e. The van der Waals surface area contributed by atoms with E-state index in [0.29, 0.717) is 17.3 Å². The van der Waals surface area contributed by atoms with Crippen LogP contribution in [-0.2, 0) is 26.9 Å². The summed E-state index contributed by atoms with van der Waals surface area (Å²) in [5.41, 5.74) is 1.58. The van der Waals surface area contributed by atoms with Gasteiger partial charge in [-0.15, -0.1) is 0 Å². The van der Waals surface area contributed by atoms with Crippen LogP contribution in [0.2, 0.25) is 0 Å². The van der Waals surface area contributed by atoms with Gasteiger partial charge in [0, 0.05) is 48.5 Å². The number of benzene rings is 1. The summed E-state index contributed by atoms with van der Waals surface area (Å²) in [6, 6.07) is 4.58. The van der Waals surface area contributed by atoms with Crippen molar-refractivity contribution in [1.82, 2.24) is 14.9 Å². The molecule has 1 aromatic heterocycles. The summed E-state index contributed by atoms with van der Waals surface area (Å²) < 4.78 is 11.8. The van der Waals surface area contributed by atoms with Gasteiger partial charge < -0.3 is 15.1 Å². The van der Waals surface area contributed by atoms with Crippen LogP contribution in [0.3, 0.4) is 0 Å². The van der Waals surface area contributed by atoms with Crippen LogP contribution in [0, 0.1) is 0 Å². The van der Waals surface area contributed by atoms with Crippen molar-refractivity contribution in [1.29, 1.82) is 0 Å². The van der Waals surface area contributed by atoms with Gasteiger partial charge in [0.05, 0.1) is 12.4 Å². The summed E-state index contributed by atoms with van der Waals surface area (Å²) in [6.07, 6.45) is 7.11. The summed E-state index contributed by atoms with van der Waals surface area (Å²) in [7, 11) is -1.13. The quantitative estimate of drug-likeness (QED) is 0.822. The second kappa shape index (κ2) is 7.90. The van der Waals surface area contributed by atoms with Crippen molar-refractivity contribution in [3.63, 3.8) is 0 Å². The first-order valence-electron chi connectivity index (χ1n) is 9.55. The van der Waals surface area contributed by atoms with Gasteiger partial charge in [-0.1, -0.05) is 6.07 Å². The minimum Gasteiger partial charge on any atom is -0.355 e. The molecule has 29 heavy (non-hydrogen) atoms. The third kappa shape index (κ3) is 3.87. The zero-order valence-corrected chi connectivity index (χ0v) is 17.2. The topological polar surface area (TPSA) is 95.5 Å². The van der Waals surface area contributed by atoms with E-state index >= 15 is 0 Å². The number of amides is 2. The predicted octanol–water partition coefficient (Wildman–Crippen LogP) is 1.86. The molecule has 8 nitrogen and oxygen atoms in total. The lowest BCUT2D eigenvalue weighted by molar-refractivity contribution is -0.136. The average Bonchev–Trinajstić information content (AvgIpc) is 3.36.